The fourth-order valence-corrected chi connectivity index (χ4v) is 2.28. The number of rotatable bonds is 4. The molecule has 0 aliphatic carbocycles. The largest absolute Gasteiger partial charge is 0.461 e. The van der Waals surface area contributed by atoms with E-state index in [1.165, 1.54) is 6.33 Å². The van der Waals surface area contributed by atoms with E-state index >= 15 is 0 Å². The number of carbonyl (C=O) groups is 1. The van der Waals surface area contributed by atoms with E-state index in [9.17, 15) is 4.79 Å². The zero-order valence-electron chi connectivity index (χ0n) is 10.2. The lowest BCUT2D eigenvalue weighted by Gasteiger charge is -2.03. The van der Waals surface area contributed by atoms with Crippen molar-refractivity contribution in [3.8, 4) is 0 Å². The van der Waals surface area contributed by atoms with E-state index in [1.54, 1.807) is 29.0 Å². The van der Waals surface area contributed by atoms with E-state index in [0.29, 0.717) is 19.0 Å². The summed E-state index contributed by atoms with van der Waals surface area (Å²) in [4.78, 5) is 20.9. The molecule has 0 radical (unpaired) electrons. The van der Waals surface area contributed by atoms with Crippen LogP contribution < -0.4 is 5.73 Å². The molecule has 18 heavy (non-hydrogen) atoms. The molecule has 2 aromatic rings. The number of nitrogens with zero attached hydrogens (tertiary/aromatic N) is 3. The lowest BCUT2D eigenvalue weighted by Crippen LogP contribution is -2.10. The molecule has 0 bridgehead atoms. The predicted molar refractivity (Wildman–Crippen MR) is 68.5 cm³/mol. The van der Waals surface area contributed by atoms with Crippen molar-refractivity contribution in [1.29, 1.82) is 0 Å². The van der Waals surface area contributed by atoms with Crippen LogP contribution in [0.3, 0.4) is 0 Å². The molecule has 0 spiro atoms. The third-order valence-corrected chi connectivity index (χ3v) is 3.22. The number of imidazole rings is 1. The fraction of sp³-hybridized carbons (Fsp3) is 0.364. The molecule has 0 unspecified atom stereocenters. The number of ether oxygens (including phenoxy) is 1. The van der Waals surface area contributed by atoms with Crippen LogP contribution in [-0.2, 0) is 11.3 Å². The average molecular weight is 266 g/mol. The number of thiazole rings is 1. The third-order valence-electron chi connectivity index (χ3n) is 2.32. The highest BCUT2D eigenvalue weighted by molar-refractivity contribution is 7.11. The Morgan fingerprint density at radius 1 is 1.56 bits per heavy atom. The average Bonchev–Trinajstić information content (AvgIpc) is 2.88. The van der Waals surface area contributed by atoms with Crippen molar-refractivity contribution < 1.29 is 9.53 Å². The van der Waals surface area contributed by atoms with Gasteiger partial charge in [0, 0.05) is 11.1 Å². The van der Waals surface area contributed by atoms with E-state index in [-0.39, 0.29) is 5.69 Å². The number of hydrogen-bond donors (Lipinski definition) is 1. The standard InChI is InChI=1S/C11H14N4O2S/c1-3-17-11(16)9-10(12)15(6-14-9)5-8-13-4-7(2)18-8/h4,6H,3,5,12H2,1-2H3. The van der Waals surface area contributed by atoms with Gasteiger partial charge in [0.1, 0.15) is 10.8 Å². The molecule has 0 amide bonds. The van der Waals surface area contributed by atoms with Crippen LogP contribution in [0.1, 0.15) is 27.3 Å². The van der Waals surface area contributed by atoms with Crippen LogP contribution >= 0.6 is 11.3 Å². The minimum atomic E-state index is -0.496. The molecule has 0 atom stereocenters. The minimum absolute atomic E-state index is 0.158. The number of esters is 1. The molecule has 96 valence electrons. The second-order valence-electron chi connectivity index (χ2n) is 3.69. The number of aromatic nitrogens is 3. The number of nitrogens with two attached hydrogens (primary N) is 1. The molecule has 0 aliphatic rings. The lowest BCUT2D eigenvalue weighted by molar-refractivity contribution is 0.0521. The first-order valence-corrected chi connectivity index (χ1v) is 6.32. The van der Waals surface area contributed by atoms with Crippen molar-refractivity contribution in [3.05, 3.63) is 28.1 Å². The SMILES string of the molecule is CCOC(=O)c1ncn(Cc2ncc(C)s2)c1N. The maximum Gasteiger partial charge on any atom is 0.360 e. The summed E-state index contributed by atoms with van der Waals surface area (Å²) in [5, 5.41) is 0.923. The van der Waals surface area contributed by atoms with Crippen molar-refractivity contribution in [2.45, 2.75) is 20.4 Å². The molecule has 2 heterocycles. The molecule has 7 heteroatoms. The van der Waals surface area contributed by atoms with Gasteiger partial charge in [-0.05, 0) is 13.8 Å². The molecule has 0 saturated carbocycles. The van der Waals surface area contributed by atoms with Gasteiger partial charge in [-0.25, -0.2) is 14.8 Å². The van der Waals surface area contributed by atoms with Gasteiger partial charge in [-0.15, -0.1) is 11.3 Å². The van der Waals surface area contributed by atoms with Crippen LogP contribution in [0.15, 0.2) is 12.5 Å². The Bertz CT molecular complexity index is 561. The third kappa shape index (κ3) is 2.51. The summed E-state index contributed by atoms with van der Waals surface area (Å²) in [5.41, 5.74) is 6.02. The summed E-state index contributed by atoms with van der Waals surface area (Å²) in [7, 11) is 0. The zero-order valence-corrected chi connectivity index (χ0v) is 11.0. The summed E-state index contributed by atoms with van der Waals surface area (Å²) in [6, 6.07) is 0. The van der Waals surface area contributed by atoms with Gasteiger partial charge in [-0.3, -0.25) is 0 Å². The molecule has 2 aromatic heterocycles. The first-order valence-electron chi connectivity index (χ1n) is 5.50. The first-order chi connectivity index (χ1) is 8.61. The summed E-state index contributed by atoms with van der Waals surface area (Å²) in [6.45, 7) is 4.54. The summed E-state index contributed by atoms with van der Waals surface area (Å²) in [6.07, 6.45) is 3.33. The van der Waals surface area contributed by atoms with E-state index in [0.717, 1.165) is 9.88 Å². The van der Waals surface area contributed by atoms with Crippen molar-refractivity contribution in [1.82, 2.24) is 14.5 Å². The molecule has 2 rings (SSSR count). The van der Waals surface area contributed by atoms with Gasteiger partial charge >= 0.3 is 5.97 Å². The summed E-state index contributed by atoms with van der Waals surface area (Å²) in [5.74, 6) is -0.189. The Hall–Kier alpha value is -1.89. The van der Waals surface area contributed by atoms with Crippen molar-refractivity contribution in [2.75, 3.05) is 12.3 Å². The fourth-order valence-electron chi connectivity index (χ4n) is 1.49. The summed E-state index contributed by atoms with van der Waals surface area (Å²) < 4.78 is 6.55. The number of hydrogen-bond acceptors (Lipinski definition) is 6. The summed E-state index contributed by atoms with van der Waals surface area (Å²) >= 11 is 1.59. The topological polar surface area (TPSA) is 83.0 Å². The van der Waals surface area contributed by atoms with Crippen LogP contribution in [0, 0.1) is 6.92 Å². The van der Waals surface area contributed by atoms with Crippen LogP contribution in [0.5, 0.6) is 0 Å². The maximum atomic E-state index is 11.5. The minimum Gasteiger partial charge on any atom is -0.461 e. The number of aryl methyl sites for hydroxylation is 1. The van der Waals surface area contributed by atoms with E-state index in [1.807, 2.05) is 6.92 Å². The molecule has 0 saturated heterocycles. The van der Waals surface area contributed by atoms with Crippen LogP contribution in [0.4, 0.5) is 5.82 Å². The lowest BCUT2D eigenvalue weighted by atomic mass is 10.4. The number of anilines is 1. The van der Waals surface area contributed by atoms with E-state index in [2.05, 4.69) is 9.97 Å². The Morgan fingerprint density at radius 2 is 2.33 bits per heavy atom. The molecule has 6 nitrogen and oxygen atoms in total. The van der Waals surface area contributed by atoms with Gasteiger partial charge in [0.15, 0.2) is 5.69 Å². The van der Waals surface area contributed by atoms with Crippen LogP contribution in [0.25, 0.3) is 0 Å². The molecule has 2 N–H and O–H groups in total. The molecule has 0 fully saturated rings. The van der Waals surface area contributed by atoms with Gasteiger partial charge in [0.25, 0.3) is 0 Å². The first kappa shape index (κ1) is 12.6. The van der Waals surface area contributed by atoms with E-state index in [4.69, 9.17) is 10.5 Å². The molecule has 0 aromatic carbocycles. The Labute approximate surface area is 108 Å². The van der Waals surface area contributed by atoms with Gasteiger partial charge in [-0.1, -0.05) is 0 Å². The predicted octanol–water partition coefficient (Wildman–Crippen LogP) is 1.46. The Morgan fingerprint density at radius 3 is 2.94 bits per heavy atom. The van der Waals surface area contributed by atoms with Gasteiger partial charge < -0.3 is 15.0 Å². The monoisotopic (exact) mass is 266 g/mol. The second kappa shape index (κ2) is 5.18. The zero-order chi connectivity index (χ0) is 13.1. The highest BCUT2D eigenvalue weighted by Crippen LogP contribution is 2.17. The van der Waals surface area contributed by atoms with Gasteiger partial charge in [0.05, 0.1) is 19.5 Å². The highest BCUT2D eigenvalue weighted by Gasteiger charge is 2.17. The molecular weight excluding hydrogens is 252 g/mol. The van der Waals surface area contributed by atoms with Crippen molar-refractivity contribution in [2.24, 2.45) is 0 Å². The molecule has 0 aliphatic heterocycles. The van der Waals surface area contributed by atoms with Crippen LogP contribution in [0.2, 0.25) is 0 Å². The van der Waals surface area contributed by atoms with Crippen molar-refractivity contribution >= 4 is 23.1 Å². The normalized spacial score (nSPS) is 10.6. The highest BCUT2D eigenvalue weighted by atomic mass is 32.1. The van der Waals surface area contributed by atoms with Gasteiger partial charge in [-0.2, -0.15) is 0 Å². The van der Waals surface area contributed by atoms with Crippen molar-refractivity contribution in [3.63, 3.8) is 0 Å². The van der Waals surface area contributed by atoms with Gasteiger partial charge in [0.2, 0.25) is 0 Å². The van der Waals surface area contributed by atoms with E-state index < -0.39 is 5.97 Å². The van der Waals surface area contributed by atoms with Crippen LogP contribution in [-0.4, -0.2) is 27.1 Å². The Kier molecular flexibility index (Phi) is 3.61. The smallest absolute Gasteiger partial charge is 0.360 e. The maximum absolute atomic E-state index is 11.5. The molecular formula is C11H14N4O2S. The Balaban J connectivity index is 2.18. The number of nitrogen functional groups attached to an aromatic ring is 1. The second-order valence-corrected chi connectivity index (χ2v) is 5.01. The number of carbonyl (C=O) groups excluding carboxylic acids is 1. The quantitative estimate of drug-likeness (QED) is 0.847.